The summed E-state index contributed by atoms with van der Waals surface area (Å²) in [5.74, 6) is -2.90. The van der Waals surface area contributed by atoms with E-state index >= 15 is 0 Å². The van der Waals surface area contributed by atoms with E-state index in [0.29, 0.717) is 5.56 Å². The van der Waals surface area contributed by atoms with Crippen LogP contribution in [-0.2, 0) is 9.53 Å². The summed E-state index contributed by atoms with van der Waals surface area (Å²) in [6, 6.07) is 9.28. The van der Waals surface area contributed by atoms with E-state index in [-0.39, 0.29) is 5.69 Å². The smallest absolute Gasteiger partial charge is 0.338 e. The standard InChI is InChI=1S/C16H13F2NO3/c1-10-2-4-11(5-3-10)16(21)22-9-15(20)19-14-8-12(17)6-7-13(14)18/h2-8H,9H2,1H3,(H,19,20). The van der Waals surface area contributed by atoms with Crippen molar-refractivity contribution in [3.8, 4) is 0 Å². The molecule has 0 aliphatic carbocycles. The third kappa shape index (κ3) is 4.12. The number of anilines is 1. The van der Waals surface area contributed by atoms with E-state index in [1.54, 1.807) is 24.3 Å². The van der Waals surface area contributed by atoms with Gasteiger partial charge in [0.1, 0.15) is 11.6 Å². The van der Waals surface area contributed by atoms with Crippen molar-refractivity contribution in [2.24, 2.45) is 0 Å². The number of rotatable bonds is 4. The quantitative estimate of drug-likeness (QED) is 0.883. The summed E-state index contributed by atoms with van der Waals surface area (Å²) in [7, 11) is 0. The zero-order chi connectivity index (χ0) is 16.1. The molecule has 0 atom stereocenters. The first kappa shape index (κ1) is 15.6. The van der Waals surface area contributed by atoms with Crippen LogP contribution >= 0.6 is 0 Å². The molecule has 0 unspecified atom stereocenters. The van der Waals surface area contributed by atoms with Crippen molar-refractivity contribution in [3.63, 3.8) is 0 Å². The largest absolute Gasteiger partial charge is 0.452 e. The van der Waals surface area contributed by atoms with Crippen LogP contribution in [0.3, 0.4) is 0 Å². The molecule has 1 amide bonds. The van der Waals surface area contributed by atoms with Crippen molar-refractivity contribution in [3.05, 3.63) is 65.2 Å². The molecule has 0 saturated carbocycles. The van der Waals surface area contributed by atoms with Gasteiger partial charge < -0.3 is 10.1 Å². The Morgan fingerprint density at radius 1 is 1.09 bits per heavy atom. The van der Waals surface area contributed by atoms with Crippen LogP contribution in [0.2, 0.25) is 0 Å². The van der Waals surface area contributed by atoms with Gasteiger partial charge in [-0.25, -0.2) is 13.6 Å². The van der Waals surface area contributed by atoms with Crippen molar-refractivity contribution in [1.29, 1.82) is 0 Å². The number of aryl methyl sites for hydroxylation is 1. The summed E-state index contributed by atoms with van der Waals surface area (Å²) in [5.41, 5.74) is 0.975. The summed E-state index contributed by atoms with van der Waals surface area (Å²) >= 11 is 0. The van der Waals surface area contributed by atoms with Gasteiger partial charge >= 0.3 is 5.97 Å². The number of hydrogen-bond acceptors (Lipinski definition) is 3. The lowest BCUT2D eigenvalue weighted by Gasteiger charge is -2.07. The number of benzene rings is 2. The second kappa shape index (κ2) is 6.80. The average Bonchev–Trinajstić information content (AvgIpc) is 2.49. The minimum absolute atomic E-state index is 0.301. The zero-order valence-electron chi connectivity index (χ0n) is 11.7. The Morgan fingerprint density at radius 2 is 1.77 bits per heavy atom. The summed E-state index contributed by atoms with van der Waals surface area (Å²) in [6.45, 7) is 1.28. The molecule has 0 spiro atoms. The van der Waals surface area contributed by atoms with Crippen LogP contribution in [0.25, 0.3) is 0 Å². The van der Waals surface area contributed by atoms with Crippen molar-refractivity contribution >= 4 is 17.6 Å². The van der Waals surface area contributed by atoms with Crippen LogP contribution in [0.15, 0.2) is 42.5 Å². The van der Waals surface area contributed by atoms with Crippen LogP contribution in [0.5, 0.6) is 0 Å². The molecule has 0 saturated heterocycles. The number of halogens is 2. The zero-order valence-corrected chi connectivity index (χ0v) is 11.7. The molecule has 0 aliphatic rings. The van der Waals surface area contributed by atoms with Gasteiger partial charge in [0, 0.05) is 6.07 Å². The second-order valence-corrected chi connectivity index (χ2v) is 4.61. The molecule has 1 N–H and O–H groups in total. The fourth-order valence-electron chi connectivity index (χ4n) is 1.68. The molecule has 4 nitrogen and oxygen atoms in total. The Bertz CT molecular complexity index is 699. The molecule has 6 heteroatoms. The molecule has 0 fully saturated rings. The normalized spacial score (nSPS) is 10.1. The maximum absolute atomic E-state index is 13.3. The maximum Gasteiger partial charge on any atom is 0.338 e. The van der Waals surface area contributed by atoms with Gasteiger partial charge in [-0.1, -0.05) is 17.7 Å². The molecule has 22 heavy (non-hydrogen) atoms. The van der Waals surface area contributed by atoms with Gasteiger partial charge in [0.2, 0.25) is 0 Å². The van der Waals surface area contributed by atoms with E-state index in [9.17, 15) is 18.4 Å². The van der Waals surface area contributed by atoms with Crippen molar-refractivity contribution < 1.29 is 23.1 Å². The third-order valence-electron chi connectivity index (χ3n) is 2.82. The van der Waals surface area contributed by atoms with E-state index in [1.165, 1.54) is 0 Å². The highest BCUT2D eigenvalue weighted by atomic mass is 19.1. The molecule has 0 heterocycles. The van der Waals surface area contributed by atoms with Crippen LogP contribution in [0, 0.1) is 18.6 Å². The number of carbonyl (C=O) groups is 2. The van der Waals surface area contributed by atoms with Gasteiger partial charge in [-0.15, -0.1) is 0 Å². The second-order valence-electron chi connectivity index (χ2n) is 4.61. The Labute approximate surface area is 125 Å². The van der Waals surface area contributed by atoms with E-state index in [0.717, 1.165) is 23.8 Å². The SMILES string of the molecule is Cc1ccc(C(=O)OCC(=O)Nc2cc(F)ccc2F)cc1. The molecular formula is C16H13F2NO3. The van der Waals surface area contributed by atoms with Crippen LogP contribution in [-0.4, -0.2) is 18.5 Å². The minimum Gasteiger partial charge on any atom is -0.452 e. The minimum atomic E-state index is -0.778. The Morgan fingerprint density at radius 3 is 2.45 bits per heavy atom. The molecule has 2 aromatic carbocycles. The average molecular weight is 305 g/mol. The van der Waals surface area contributed by atoms with Gasteiger partial charge in [0.15, 0.2) is 6.61 Å². The number of esters is 1. The molecule has 2 rings (SSSR count). The fraction of sp³-hybridized carbons (Fsp3) is 0.125. The van der Waals surface area contributed by atoms with Crippen molar-refractivity contribution in [2.75, 3.05) is 11.9 Å². The lowest BCUT2D eigenvalue weighted by molar-refractivity contribution is -0.119. The topological polar surface area (TPSA) is 55.4 Å². The van der Waals surface area contributed by atoms with E-state index < -0.39 is 30.1 Å². The van der Waals surface area contributed by atoms with Crippen LogP contribution < -0.4 is 5.32 Å². The highest BCUT2D eigenvalue weighted by molar-refractivity contribution is 5.95. The van der Waals surface area contributed by atoms with Gasteiger partial charge in [-0.3, -0.25) is 4.79 Å². The van der Waals surface area contributed by atoms with E-state index in [1.807, 2.05) is 6.92 Å². The molecule has 2 aromatic rings. The molecule has 0 aromatic heterocycles. The highest BCUT2D eigenvalue weighted by Crippen LogP contribution is 2.15. The predicted octanol–water partition coefficient (Wildman–Crippen LogP) is 3.07. The van der Waals surface area contributed by atoms with Crippen LogP contribution in [0.4, 0.5) is 14.5 Å². The first-order chi connectivity index (χ1) is 10.5. The summed E-state index contributed by atoms with van der Waals surface area (Å²) in [4.78, 5) is 23.3. The fourth-order valence-corrected chi connectivity index (χ4v) is 1.68. The monoisotopic (exact) mass is 305 g/mol. The molecule has 0 radical (unpaired) electrons. The number of hydrogen-bond donors (Lipinski definition) is 1. The molecule has 0 bridgehead atoms. The number of carbonyl (C=O) groups excluding carboxylic acids is 2. The maximum atomic E-state index is 13.3. The van der Waals surface area contributed by atoms with Crippen LogP contribution in [0.1, 0.15) is 15.9 Å². The lowest BCUT2D eigenvalue weighted by Crippen LogP contribution is -2.21. The van der Waals surface area contributed by atoms with Gasteiger partial charge in [0.25, 0.3) is 5.91 Å². The summed E-state index contributed by atoms with van der Waals surface area (Å²) < 4.78 is 31.1. The van der Waals surface area contributed by atoms with Crippen molar-refractivity contribution in [1.82, 2.24) is 0 Å². The lowest BCUT2D eigenvalue weighted by atomic mass is 10.1. The van der Waals surface area contributed by atoms with Gasteiger partial charge in [0.05, 0.1) is 11.3 Å². The predicted molar refractivity (Wildman–Crippen MR) is 76.4 cm³/mol. The molecular weight excluding hydrogens is 292 g/mol. The first-order valence-electron chi connectivity index (χ1n) is 6.44. The van der Waals surface area contributed by atoms with E-state index in [4.69, 9.17) is 4.74 Å². The number of amides is 1. The van der Waals surface area contributed by atoms with Crippen molar-refractivity contribution in [2.45, 2.75) is 6.92 Å². The summed E-state index contributed by atoms with van der Waals surface area (Å²) in [6.07, 6.45) is 0. The Hall–Kier alpha value is -2.76. The van der Waals surface area contributed by atoms with E-state index in [2.05, 4.69) is 5.32 Å². The van der Waals surface area contributed by atoms with Gasteiger partial charge in [-0.2, -0.15) is 0 Å². The molecule has 0 aliphatic heterocycles. The first-order valence-corrected chi connectivity index (χ1v) is 6.44. The Kier molecular flexibility index (Phi) is 4.83. The Balaban J connectivity index is 1.91. The highest BCUT2D eigenvalue weighted by Gasteiger charge is 2.12. The third-order valence-corrected chi connectivity index (χ3v) is 2.82. The molecule has 114 valence electrons. The summed E-state index contributed by atoms with van der Waals surface area (Å²) in [5, 5.41) is 2.14. The van der Waals surface area contributed by atoms with Gasteiger partial charge in [-0.05, 0) is 31.2 Å². The number of ether oxygens (including phenoxy) is 1. The number of nitrogens with one attached hydrogen (secondary N) is 1.